The van der Waals surface area contributed by atoms with Crippen molar-refractivity contribution >= 4 is 44.9 Å². The fourth-order valence-electron chi connectivity index (χ4n) is 5.38. The molecule has 0 heterocycles. The van der Waals surface area contributed by atoms with Crippen LogP contribution in [0.5, 0.6) is 0 Å². The number of anilines is 1. The molecule has 0 unspecified atom stereocenters. The second-order valence-corrected chi connectivity index (χ2v) is 13.4. The maximum atomic E-state index is 14.2. The van der Waals surface area contributed by atoms with Crippen molar-refractivity contribution in [1.82, 2.24) is 10.2 Å². The number of rotatable bonds is 12. The van der Waals surface area contributed by atoms with E-state index in [4.69, 9.17) is 11.6 Å². The Labute approximate surface area is 259 Å². The van der Waals surface area contributed by atoms with E-state index < -0.39 is 28.5 Å². The summed E-state index contributed by atoms with van der Waals surface area (Å²) in [5.41, 5.74) is 2.13. The third-order valence-corrected chi connectivity index (χ3v) is 9.10. The van der Waals surface area contributed by atoms with E-state index in [1.807, 2.05) is 30.3 Å². The van der Waals surface area contributed by atoms with Gasteiger partial charge < -0.3 is 10.2 Å². The molecule has 10 heteroatoms. The Morgan fingerprint density at radius 3 is 2.21 bits per heavy atom. The van der Waals surface area contributed by atoms with Crippen molar-refractivity contribution in [2.75, 3.05) is 17.1 Å². The molecule has 1 aliphatic carbocycles. The third kappa shape index (κ3) is 9.15. The van der Waals surface area contributed by atoms with Gasteiger partial charge in [0.1, 0.15) is 12.6 Å². The molecule has 0 bridgehead atoms. The quantitative estimate of drug-likeness (QED) is 0.272. The summed E-state index contributed by atoms with van der Waals surface area (Å²) in [4.78, 5) is 41.7. The molecule has 0 spiro atoms. The lowest BCUT2D eigenvalue weighted by atomic mass is 9.94. The molecule has 1 atom stereocenters. The summed E-state index contributed by atoms with van der Waals surface area (Å²) in [7, 11) is -3.94. The van der Waals surface area contributed by atoms with Crippen LogP contribution in [0.25, 0.3) is 0 Å². The molecular formula is C33H38ClN3O5S. The second-order valence-electron chi connectivity index (χ2n) is 11.1. The van der Waals surface area contributed by atoms with Crippen molar-refractivity contribution in [3.05, 3.63) is 101 Å². The molecule has 0 saturated heterocycles. The normalized spacial score (nSPS) is 14.5. The molecule has 1 aliphatic rings. The predicted molar refractivity (Wildman–Crippen MR) is 170 cm³/mol. The van der Waals surface area contributed by atoms with Crippen LogP contribution in [0.1, 0.15) is 60.5 Å². The van der Waals surface area contributed by atoms with Gasteiger partial charge in [-0.15, -0.1) is 0 Å². The number of carbonyl (C=O) groups is 3. The number of nitrogens with one attached hydrogen (secondary N) is 1. The van der Waals surface area contributed by atoms with Gasteiger partial charge in [0.25, 0.3) is 0 Å². The zero-order chi connectivity index (χ0) is 31.0. The van der Waals surface area contributed by atoms with Crippen LogP contribution in [-0.2, 0) is 32.6 Å². The van der Waals surface area contributed by atoms with Gasteiger partial charge in [-0.1, -0.05) is 85.5 Å². The number of ketones is 1. The molecule has 4 rings (SSSR count). The Morgan fingerprint density at radius 1 is 0.907 bits per heavy atom. The number of Topliss-reactive ketones (excluding diaryl/α,β-unsaturated/α-hetero) is 1. The topological polar surface area (TPSA) is 104 Å². The van der Waals surface area contributed by atoms with Crippen molar-refractivity contribution in [1.29, 1.82) is 0 Å². The molecule has 2 amide bonds. The molecule has 3 aromatic rings. The maximum Gasteiger partial charge on any atom is 0.244 e. The molecule has 0 radical (unpaired) electrons. The Kier molecular flexibility index (Phi) is 11.0. The third-order valence-electron chi connectivity index (χ3n) is 7.71. The van der Waals surface area contributed by atoms with Gasteiger partial charge in [-0.05, 0) is 55.2 Å². The number of sulfonamides is 1. The van der Waals surface area contributed by atoms with Crippen LogP contribution in [0, 0.1) is 0 Å². The number of hydrogen-bond acceptors (Lipinski definition) is 5. The average molecular weight is 624 g/mol. The summed E-state index contributed by atoms with van der Waals surface area (Å²) in [6.45, 7) is 0.911. The highest BCUT2D eigenvalue weighted by Crippen LogP contribution is 2.23. The first-order valence-corrected chi connectivity index (χ1v) is 16.7. The molecule has 0 aliphatic heterocycles. The van der Waals surface area contributed by atoms with Crippen LogP contribution < -0.4 is 9.62 Å². The fraction of sp³-hybridized carbons (Fsp3) is 0.364. The van der Waals surface area contributed by atoms with Crippen LogP contribution in [-0.4, -0.2) is 55.8 Å². The molecule has 8 nitrogen and oxygen atoms in total. The first-order chi connectivity index (χ1) is 20.5. The lowest BCUT2D eigenvalue weighted by molar-refractivity contribution is -0.140. The zero-order valence-corrected chi connectivity index (χ0v) is 26.1. The summed E-state index contributed by atoms with van der Waals surface area (Å²) in [6, 6.07) is 21.7. The molecule has 43 heavy (non-hydrogen) atoms. The monoisotopic (exact) mass is 623 g/mol. The van der Waals surface area contributed by atoms with E-state index in [1.165, 1.54) is 17.9 Å². The van der Waals surface area contributed by atoms with Crippen LogP contribution >= 0.6 is 11.6 Å². The predicted octanol–water partition coefficient (Wildman–Crippen LogP) is 5.40. The minimum absolute atomic E-state index is 0.0221. The minimum Gasteiger partial charge on any atom is -0.352 e. The van der Waals surface area contributed by atoms with E-state index in [2.05, 4.69) is 5.32 Å². The lowest BCUT2D eigenvalue weighted by Gasteiger charge is -2.35. The van der Waals surface area contributed by atoms with Gasteiger partial charge in [-0.2, -0.15) is 0 Å². The number of amides is 2. The van der Waals surface area contributed by atoms with Gasteiger partial charge in [-0.25, -0.2) is 8.42 Å². The van der Waals surface area contributed by atoms with E-state index >= 15 is 0 Å². The van der Waals surface area contributed by atoms with E-state index in [1.54, 1.807) is 42.5 Å². The highest BCUT2D eigenvalue weighted by molar-refractivity contribution is 7.92. The Balaban J connectivity index is 1.73. The smallest absolute Gasteiger partial charge is 0.244 e. The molecule has 1 saturated carbocycles. The number of halogens is 1. The second kappa shape index (κ2) is 14.7. The van der Waals surface area contributed by atoms with Gasteiger partial charge in [0, 0.05) is 29.6 Å². The van der Waals surface area contributed by atoms with Gasteiger partial charge in [-0.3, -0.25) is 18.7 Å². The minimum atomic E-state index is -3.94. The summed E-state index contributed by atoms with van der Waals surface area (Å²) in [6.07, 6.45) is 6.22. The van der Waals surface area contributed by atoms with Crippen LogP contribution in [0.2, 0.25) is 5.02 Å². The number of benzene rings is 3. The van der Waals surface area contributed by atoms with E-state index in [0.717, 1.165) is 53.8 Å². The standard InChI is InChI=1S/C33H38ClN3O5S/c1-24(38)27-12-9-15-30(21-27)37(43(2,41)42)23-32(39)36(22-26-16-18-28(34)19-17-26)31(20-25-10-5-3-6-11-25)33(40)35-29-13-7-4-8-14-29/h3,5-6,9-12,15-19,21,29,31H,4,7-8,13-14,20,22-23H2,1-2H3,(H,35,40)/t31-/m0/s1. The average Bonchev–Trinajstić information content (AvgIpc) is 2.99. The summed E-state index contributed by atoms with van der Waals surface area (Å²) in [5.74, 6) is -1.05. The van der Waals surface area contributed by atoms with Crippen molar-refractivity contribution in [3.8, 4) is 0 Å². The van der Waals surface area contributed by atoms with Crippen molar-refractivity contribution in [2.45, 2.75) is 64.1 Å². The molecule has 228 valence electrons. The highest BCUT2D eigenvalue weighted by Gasteiger charge is 2.34. The Bertz CT molecular complexity index is 1520. The molecular weight excluding hydrogens is 586 g/mol. The van der Waals surface area contributed by atoms with Crippen LogP contribution in [0.4, 0.5) is 5.69 Å². The molecule has 3 aromatic carbocycles. The van der Waals surface area contributed by atoms with Crippen LogP contribution in [0.15, 0.2) is 78.9 Å². The summed E-state index contributed by atoms with van der Waals surface area (Å²) in [5, 5.41) is 3.71. The molecule has 0 aromatic heterocycles. The first kappa shape index (κ1) is 32.2. The van der Waals surface area contributed by atoms with Gasteiger partial charge in [0.05, 0.1) is 11.9 Å². The lowest BCUT2D eigenvalue weighted by Crippen LogP contribution is -2.55. The van der Waals surface area contributed by atoms with Crippen molar-refractivity contribution < 1.29 is 22.8 Å². The van der Waals surface area contributed by atoms with Crippen LogP contribution in [0.3, 0.4) is 0 Å². The maximum absolute atomic E-state index is 14.2. The number of carbonyl (C=O) groups excluding carboxylic acids is 3. The Morgan fingerprint density at radius 2 is 1.58 bits per heavy atom. The van der Waals surface area contributed by atoms with E-state index in [0.29, 0.717) is 10.6 Å². The Hall–Kier alpha value is -3.69. The van der Waals surface area contributed by atoms with Gasteiger partial charge in [0.15, 0.2) is 5.78 Å². The highest BCUT2D eigenvalue weighted by atomic mass is 35.5. The first-order valence-electron chi connectivity index (χ1n) is 14.5. The SMILES string of the molecule is CC(=O)c1cccc(N(CC(=O)N(Cc2ccc(Cl)cc2)[C@@H](Cc2ccccc2)C(=O)NC2CCCCC2)S(C)(=O)=O)c1. The van der Waals surface area contributed by atoms with Crippen molar-refractivity contribution in [2.24, 2.45) is 0 Å². The molecule has 1 N–H and O–H groups in total. The zero-order valence-electron chi connectivity index (χ0n) is 24.5. The van der Waals surface area contributed by atoms with Gasteiger partial charge >= 0.3 is 0 Å². The van der Waals surface area contributed by atoms with E-state index in [-0.39, 0.29) is 36.4 Å². The van der Waals surface area contributed by atoms with Crippen molar-refractivity contribution in [3.63, 3.8) is 0 Å². The number of nitrogens with zero attached hydrogens (tertiary/aromatic N) is 2. The van der Waals surface area contributed by atoms with Gasteiger partial charge in [0.2, 0.25) is 21.8 Å². The summed E-state index contributed by atoms with van der Waals surface area (Å²) >= 11 is 6.12. The largest absolute Gasteiger partial charge is 0.352 e. The fourth-order valence-corrected chi connectivity index (χ4v) is 6.35. The molecule has 1 fully saturated rings. The summed E-state index contributed by atoms with van der Waals surface area (Å²) < 4.78 is 27.0. The number of hydrogen-bond donors (Lipinski definition) is 1. The van der Waals surface area contributed by atoms with E-state index in [9.17, 15) is 22.8 Å².